The van der Waals surface area contributed by atoms with Crippen molar-refractivity contribution in [2.45, 2.75) is 0 Å². The SMILES string of the molecule is c1ccc2c(c1)ccc1ccc(N(c3ccc(-c4ccc5c(c4)sc4ccccc45)cc3)c3cccc4c3ccc3ccccc34)cc12. The van der Waals surface area contributed by atoms with Crippen LogP contribution in [-0.4, -0.2) is 0 Å². The summed E-state index contributed by atoms with van der Waals surface area (Å²) in [5.41, 5.74) is 5.88. The van der Waals surface area contributed by atoms with Crippen LogP contribution in [0.4, 0.5) is 17.1 Å². The van der Waals surface area contributed by atoms with E-state index >= 15 is 0 Å². The van der Waals surface area contributed by atoms with Crippen LogP contribution in [-0.2, 0) is 0 Å². The Labute approximate surface area is 282 Å². The van der Waals surface area contributed by atoms with Crippen LogP contribution in [0.2, 0.25) is 0 Å². The molecule has 48 heavy (non-hydrogen) atoms. The molecule has 0 aliphatic rings. The minimum Gasteiger partial charge on any atom is -0.310 e. The van der Waals surface area contributed by atoms with Gasteiger partial charge in [-0.05, 0) is 91.3 Å². The maximum atomic E-state index is 2.43. The smallest absolute Gasteiger partial charge is 0.0540 e. The summed E-state index contributed by atoms with van der Waals surface area (Å²) in [7, 11) is 0. The summed E-state index contributed by atoms with van der Waals surface area (Å²) in [6.07, 6.45) is 0. The zero-order chi connectivity index (χ0) is 31.6. The van der Waals surface area contributed by atoms with Gasteiger partial charge in [0.25, 0.3) is 0 Å². The van der Waals surface area contributed by atoms with E-state index in [0.717, 1.165) is 17.1 Å². The van der Waals surface area contributed by atoms with Crippen molar-refractivity contribution in [1.29, 1.82) is 0 Å². The van der Waals surface area contributed by atoms with Gasteiger partial charge in [0, 0.05) is 36.9 Å². The summed E-state index contributed by atoms with van der Waals surface area (Å²) >= 11 is 1.87. The van der Waals surface area contributed by atoms with Crippen molar-refractivity contribution >= 4 is 91.7 Å². The number of fused-ring (bicyclic) bond motifs is 9. The molecule has 0 spiro atoms. The minimum atomic E-state index is 1.13. The second-order valence-corrected chi connectivity index (χ2v) is 13.6. The fourth-order valence-corrected chi connectivity index (χ4v) is 8.63. The first-order valence-electron chi connectivity index (χ1n) is 16.4. The Hall–Kier alpha value is -5.96. The third-order valence-electron chi connectivity index (χ3n) is 9.83. The van der Waals surface area contributed by atoms with Gasteiger partial charge in [-0.2, -0.15) is 0 Å². The van der Waals surface area contributed by atoms with E-state index in [2.05, 4.69) is 181 Å². The van der Waals surface area contributed by atoms with Crippen LogP contribution in [0.25, 0.3) is 74.4 Å². The largest absolute Gasteiger partial charge is 0.310 e. The third kappa shape index (κ3) is 4.31. The van der Waals surface area contributed by atoms with Gasteiger partial charge in [-0.25, -0.2) is 0 Å². The lowest BCUT2D eigenvalue weighted by molar-refractivity contribution is 1.30. The van der Waals surface area contributed by atoms with Gasteiger partial charge in [-0.1, -0.05) is 133 Å². The van der Waals surface area contributed by atoms with E-state index in [1.165, 1.54) is 74.4 Å². The van der Waals surface area contributed by atoms with E-state index in [1.807, 2.05) is 11.3 Å². The molecule has 1 aromatic heterocycles. The zero-order valence-electron chi connectivity index (χ0n) is 26.1. The Morgan fingerprint density at radius 3 is 1.69 bits per heavy atom. The van der Waals surface area contributed by atoms with E-state index in [9.17, 15) is 0 Å². The van der Waals surface area contributed by atoms with Crippen molar-refractivity contribution in [3.05, 3.63) is 176 Å². The molecule has 0 saturated heterocycles. The molecule has 0 aliphatic carbocycles. The topological polar surface area (TPSA) is 3.24 Å². The molecule has 0 bridgehead atoms. The highest BCUT2D eigenvalue weighted by atomic mass is 32.1. The molecule has 0 N–H and O–H groups in total. The number of thiophene rings is 1. The molecule has 0 radical (unpaired) electrons. The molecule has 10 rings (SSSR count). The van der Waals surface area contributed by atoms with Crippen LogP contribution >= 0.6 is 11.3 Å². The third-order valence-corrected chi connectivity index (χ3v) is 11.0. The van der Waals surface area contributed by atoms with Crippen molar-refractivity contribution < 1.29 is 0 Å². The van der Waals surface area contributed by atoms with Crippen molar-refractivity contribution in [2.24, 2.45) is 0 Å². The molecule has 224 valence electrons. The highest BCUT2D eigenvalue weighted by Crippen LogP contribution is 2.43. The summed E-state index contributed by atoms with van der Waals surface area (Å²) in [4.78, 5) is 2.43. The monoisotopic (exact) mass is 627 g/mol. The molecule has 1 nitrogen and oxygen atoms in total. The van der Waals surface area contributed by atoms with Crippen molar-refractivity contribution in [3.8, 4) is 11.1 Å². The Bertz CT molecular complexity index is 2840. The zero-order valence-corrected chi connectivity index (χ0v) is 26.9. The number of hydrogen-bond acceptors (Lipinski definition) is 2. The molecule has 1 heterocycles. The Morgan fingerprint density at radius 2 is 0.875 bits per heavy atom. The normalized spacial score (nSPS) is 11.8. The molecule has 0 aliphatic heterocycles. The fraction of sp³-hybridized carbons (Fsp3) is 0. The molecule has 0 amide bonds. The number of hydrogen-bond donors (Lipinski definition) is 0. The first-order valence-corrected chi connectivity index (χ1v) is 17.2. The first kappa shape index (κ1) is 27.2. The fourth-order valence-electron chi connectivity index (χ4n) is 7.48. The van der Waals surface area contributed by atoms with E-state index in [0.29, 0.717) is 0 Å². The van der Waals surface area contributed by atoms with Gasteiger partial charge < -0.3 is 4.90 Å². The number of anilines is 3. The molecular formula is C46H29NS. The predicted molar refractivity (Wildman–Crippen MR) is 209 cm³/mol. The van der Waals surface area contributed by atoms with Crippen molar-refractivity contribution in [2.75, 3.05) is 4.90 Å². The quantitative estimate of drug-likeness (QED) is 0.176. The van der Waals surface area contributed by atoms with Crippen LogP contribution in [0, 0.1) is 0 Å². The number of rotatable bonds is 4. The second kappa shape index (κ2) is 10.8. The first-order chi connectivity index (χ1) is 23.8. The van der Waals surface area contributed by atoms with Crippen LogP contribution in [0.3, 0.4) is 0 Å². The Balaban J connectivity index is 1.16. The minimum absolute atomic E-state index is 1.13. The molecule has 0 saturated carbocycles. The van der Waals surface area contributed by atoms with Crippen LogP contribution in [0.15, 0.2) is 176 Å². The van der Waals surface area contributed by atoms with Gasteiger partial charge in [0.05, 0.1) is 5.69 Å². The molecular weight excluding hydrogens is 599 g/mol. The maximum Gasteiger partial charge on any atom is 0.0540 e. The highest BCUT2D eigenvalue weighted by molar-refractivity contribution is 7.25. The molecule has 0 unspecified atom stereocenters. The second-order valence-electron chi connectivity index (χ2n) is 12.5. The average Bonchev–Trinajstić information content (AvgIpc) is 3.53. The van der Waals surface area contributed by atoms with E-state index in [-0.39, 0.29) is 0 Å². The van der Waals surface area contributed by atoms with Crippen LogP contribution in [0.5, 0.6) is 0 Å². The summed E-state index contributed by atoms with van der Waals surface area (Å²) in [5.74, 6) is 0. The average molecular weight is 628 g/mol. The lowest BCUT2D eigenvalue weighted by Gasteiger charge is -2.28. The lowest BCUT2D eigenvalue weighted by atomic mass is 9.98. The van der Waals surface area contributed by atoms with Crippen molar-refractivity contribution in [3.63, 3.8) is 0 Å². The van der Waals surface area contributed by atoms with Gasteiger partial charge in [0.15, 0.2) is 0 Å². The van der Waals surface area contributed by atoms with Gasteiger partial charge in [-0.15, -0.1) is 11.3 Å². The lowest BCUT2D eigenvalue weighted by Crippen LogP contribution is -2.10. The summed E-state index contributed by atoms with van der Waals surface area (Å²) in [5, 5.41) is 12.7. The van der Waals surface area contributed by atoms with E-state index < -0.39 is 0 Å². The van der Waals surface area contributed by atoms with Gasteiger partial charge in [0.2, 0.25) is 0 Å². The maximum absolute atomic E-state index is 2.43. The summed E-state index contributed by atoms with van der Waals surface area (Å²) in [6, 6.07) is 64.6. The molecule has 10 aromatic rings. The van der Waals surface area contributed by atoms with Crippen LogP contribution in [0.1, 0.15) is 0 Å². The van der Waals surface area contributed by atoms with Crippen molar-refractivity contribution in [1.82, 2.24) is 0 Å². The summed E-state index contributed by atoms with van der Waals surface area (Å²) in [6.45, 7) is 0. The highest BCUT2D eigenvalue weighted by Gasteiger charge is 2.18. The van der Waals surface area contributed by atoms with E-state index in [1.54, 1.807) is 0 Å². The molecule has 0 fully saturated rings. The van der Waals surface area contributed by atoms with Gasteiger partial charge >= 0.3 is 0 Å². The Morgan fingerprint density at radius 1 is 0.312 bits per heavy atom. The van der Waals surface area contributed by atoms with Crippen LogP contribution < -0.4 is 4.90 Å². The van der Waals surface area contributed by atoms with Gasteiger partial charge in [-0.3, -0.25) is 0 Å². The summed E-state index contributed by atoms with van der Waals surface area (Å²) < 4.78 is 2.66. The molecule has 0 atom stereocenters. The Kier molecular flexibility index (Phi) is 6.12. The molecule has 9 aromatic carbocycles. The molecule has 2 heteroatoms. The predicted octanol–water partition coefficient (Wildman–Crippen LogP) is 13.8. The van der Waals surface area contributed by atoms with E-state index in [4.69, 9.17) is 0 Å². The van der Waals surface area contributed by atoms with Gasteiger partial charge in [0.1, 0.15) is 0 Å². The standard InChI is InChI=1S/C46H29NS/c1-3-10-37-32(9-1)21-26-40-39(37)13-7-14-44(40)47(36-25-20-33-17-16-31-8-2-4-11-38(31)43(33)29-36)35-23-18-30(19-24-35)34-22-27-42-41-12-5-6-15-45(41)48-46(42)28-34/h1-29H. The number of benzene rings is 9. The number of nitrogens with zero attached hydrogens (tertiary/aromatic N) is 1.